The average molecular weight is 698 g/mol. The first-order valence-electron chi connectivity index (χ1n) is 18.4. The molecule has 7 aromatic rings. The van der Waals surface area contributed by atoms with Crippen LogP contribution in [0.1, 0.15) is 36.1 Å². The number of hydrogen-bond donors (Lipinski definition) is 1. The van der Waals surface area contributed by atoms with Gasteiger partial charge in [0.25, 0.3) is 0 Å². The van der Waals surface area contributed by atoms with Gasteiger partial charge in [0.1, 0.15) is 0 Å². The summed E-state index contributed by atoms with van der Waals surface area (Å²) < 4.78 is 0. The van der Waals surface area contributed by atoms with Crippen molar-refractivity contribution in [3.63, 3.8) is 0 Å². The molecule has 1 atom stereocenters. The normalized spacial score (nSPS) is 12.2. The molecule has 0 amide bonds. The number of benzene rings is 6. The summed E-state index contributed by atoms with van der Waals surface area (Å²) in [7, 11) is 0. The Morgan fingerprint density at radius 1 is 0.648 bits per heavy atom. The molecule has 1 N–H and O–H groups in total. The van der Waals surface area contributed by atoms with Crippen LogP contribution >= 0.6 is 0 Å². The monoisotopic (exact) mass is 697 g/mol. The number of aryl methyl sites for hydroxylation is 1. The van der Waals surface area contributed by atoms with Gasteiger partial charge in [0.2, 0.25) is 0 Å². The van der Waals surface area contributed by atoms with Gasteiger partial charge in [-0.15, -0.1) is 6.58 Å². The van der Waals surface area contributed by atoms with Gasteiger partial charge in [-0.3, -0.25) is 0 Å². The van der Waals surface area contributed by atoms with Gasteiger partial charge in [-0.1, -0.05) is 166 Å². The SMILES string of the molecule is C=C/C=C(C=N)/C=C/CC(C=C)c1cc(-c2cccc(-c3ccccc3)c2)nc(-c2ccc(-c3ccc4c(c3)c(C=C)c(CC)c3ccccc34)cc2)n1. The molecule has 1 heterocycles. The third kappa shape index (κ3) is 7.30. The topological polar surface area (TPSA) is 49.6 Å². The number of nitrogens with zero attached hydrogens (tertiary/aromatic N) is 2. The molecule has 0 fully saturated rings. The maximum absolute atomic E-state index is 7.72. The summed E-state index contributed by atoms with van der Waals surface area (Å²) in [5.41, 5.74) is 11.6. The van der Waals surface area contributed by atoms with Gasteiger partial charge < -0.3 is 5.41 Å². The van der Waals surface area contributed by atoms with Crippen molar-refractivity contribution >= 4 is 33.8 Å². The van der Waals surface area contributed by atoms with Crippen LogP contribution in [-0.2, 0) is 6.42 Å². The molecule has 3 nitrogen and oxygen atoms in total. The van der Waals surface area contributed by atoms with Crippen molar-refractivity contribution in [1.82, 2.24) is 9.97 Å². The van der Waals surface area contributed by atoms with Crippen molar-refractivity contribution < 1.29 is 0 Å². The zero-order chi connectivity index (χ0) is 37.4. The van der Waals surface area contributed by atoms with E-state index in [9.17, 15) is 0 Å². The van der Waals surface area contributed by atoms with Crippen LogP contribution in [0.25, 0.3) is 72.5 Å². The predicted molar refractivity (Wildman–Crippen MR) is 232 cm³/mol. The maximum Gasteiger partial charge on any atom is 0.160 e. The summed E-state index contributed by atoms with van der Waals surface area (Å²) in [6, 6.07) is 45.0. The minimum Gasteiger partial charge on any atom is -0.308 e. The van der Waals surface area contributed by atoms with Crippen LogP contribution in [0.5, 0.6) is 0 Å². The molecular formula is C51H43N3. The van der Waals surface area contributed by atoms with Gasteiger partial charge in [-0.25, -0.2) is 9.97 Å². The molecular weight excluding hydrogens is 655 g/mol. The molecule has 0 aliphatic heterocycles. The van der Waals surface area contributed by atoms with E-state index >= 15 is 0 Å². The standard InChI is InChI=1S/C51H43N3/c1-5-16-35(34-52)17-14-20-36(6-2)49-33-50(42-22-15-21-40(31-42)37-18-10-9-11-19-37)54-51(53-49)39-27-25-38(26-28-39)41-29-30-47-46-24-13-12-23-45(46)43(7-3)44(8-4)48(47)32-41/h5-6,8-19,21-34,36,52H,1-2,4,7,20H2,3H3/b17-14+,35-16-,52-34?. The molecule has 54 heavy (non-hydrogen) atoms. The number of fused-ring (bicyclic) bond motifs is 3. The molecule has 0 spiro atoms. The first-order chi connectivity index (χ1) is 26.5. The summed E-state index contributed by atoms with van der Waals surface area (Å²) in [4.78, 5) is 10.3. The van der Waals surface area contributed by atoms with Gasteiger partial charge in [-0.05, 0) is 91.5 Å². The highest BCUT2D eigenvalue weighted by molar-refractivity contribution is 6.13. The smallest absolute Gasteiger partial charge is 0.160 e. The number of rotatable bonds is 13. The Morgan fingerprint density at radius 2 is 1.30 bits per heavy atom. The van der Waals surface area contributed by atoms with Gasteiger partial charge in [0, 0.05) is 23.3 Å². The fourth-order valence-corrected chi connectivity index (χ4v) is 7.29. The quantitative estimate of drug-likeness (QED) is 0.0564. The van der Waals surface area contributed by atoms with Crippen molar-refractivity contribution in [1.29, 1.82) is 5.41 Å². The molecule has 7 rings (SSSR count). The molecule has 1 aromatic heterocycles. The van der Waals surface area contributed by atoms with E-state index in [0.717, 1.165) is 56.8 Å². The Hall–Kier alpha value is -6.71. The van der Waals surface area contributed by atoms with Crippen molar-refractivity contribution in [2.75, 3.05) is 0 Å². The Balaban J connectivity index is 1.29. The van der Waals surface area contributed by atoms with Crippen molar-refractivity contribution in [2.45, 2.75) is 25.7 Å². The lowest BCUT2D eigenvalue weighted by Gasteiger charge is -2.16. The molecule has 0 saturated heterocycles. The Kier molecular flexibility index (Phi) is 10.8. The van der Waals surface area contributed by atoms with E-state index in [0.29, 0.717) is 12.2 Å². The Bertz CT molecular complexity index is 2570. The first kappa shape index (κ1) is 35.7. The third-order valence-electron chi connectivity index (χ3n) is 10.1. The van der Waals surface area contributed by atoms with E-state index in [-0.39, 0.29) is 5.92 Å². The van der Waals surface area contributed by atoms with Gasteiger partial charge in [0.15, 0.2) is 5.82 Å². The molecule has 0 aliphatic carbocycles. The fraction of sp³-hybridized carbons (Fsp3) is 0.0784. The maximum atomic E-state index is 7.72. The van der Waals surface area contributed by atoms with E-state index in [4.69, 9.17) is 15.4 Å². The highest BCUT2D eigenvalue weighted by Crippen LogP contribution is 2.37. The molecule has 0 aliphatic rings. The molecule has 1 unspecified atom stereocenters. The molecule has 0 radical (unpaired) electrons. The summed E-state index contributed by atoms with van der Waals surface area (Å²) in [6.45, 7) is 14.4. The van der Waals surface area contributed by atoms with E-state index in [1.807, 2.05) is 30.4 Å². The minimum atomic E-state index is -0.0604. The summed E-state index contributed by atoms with van der Waals surface area (Å²) >= 11 is 0. The van der Waals surface area contributed by atoms with Crippen LogP contribution in [0.4, 0.5) is 0 Å². The number of aromatic nitrogens is 2. The zero-order valence-electron chi connectivity index (χ0n) is 30.7. The second-order valence-electron chi connectivity index (χ2n) is 13.3. The number of hydrogen-bond acceptors (Lipinski definition) is 3. The highest BCUT2D eigenvalue weighted by atomic mass is 14.9. The minimum absolute atomic E-state index is 0.0604. The lowest BCUT2D eigenvalue weighted by molar-refractivity contribution is 0.821. The molecule has 6 aromatic carbocycles. The summed E-state index contributed by atoms with van der Waals surface area (Å²) in [6.07, 6.45) is 14.4. The van der Waals surface area contributed by atoms with Crippen LogP contribution in [0.2, 0.25) is 0 Å². The second-order valence-corrected chi connectivity index (χ2v) is 13.3. The van der Waals surface area contributed by atoms with Crippen molar-refractivity contribution in [3.8, 4) is 44.9 Å². The molecule has 0 bridgehead atoms. The Labute approximate surface area is 318 Å². The zero-order valence-corrected chi connectivity index (χ0v) is 30.7. The lowest BCUT2D eigenvalue weighted by atomic mass is 9.88. The fourth-order valence-electron chi connectivity index (χ4n) is 7.29. The second kappa shape index (κ2) is 16.3. The predicted octanol–water partition coefficient (Wildman–Crippen LogP) is 13.6. The first-order valence-corrected chi connectivity index (χ1v) is 18.4. The lowest BCUT2D eigenvalue weighted by Crippen LogP contribution is -2.03. The van der Waals surface area contributed by atoms with Gasteiger partial charge in [0.05, 0.1) is 11.4 Å². The van der Waals surface area contributed by atoms with E-state index in [1.165, 1.54) is 38.9 Å². The van der Waals surface area contributed by atoms with E-state index < -0.39 is 0 Å². The van der Waals surface area contributed by atoms with E-state index in [1.54, 1.807) is 6.08 Å². The van der Waals surface area contributed by atoms with Crippen LogP contribution in [0, 0.1) is 5.41 Å². The van der Waals surface area contributed by atoms with Crippen LogP contribution in [0.15, 0.2) is 183 Å². The molecule has 0 saturated carbocycles. The van der Waals surface area contributed by atoms with Gasteiger partial charge in [-0.2, -0.15) is 0 Å². The van der Waals surface area contributed by atoms with Crippen LogP contribution < -0.4 is 0 Å². The van der Waals surface area contributed by atoms with Gasteiger partial charge >= 0.3 is 0 Å². The number of nitrogens with one attached hydrogen (secondary N) is 1. The van der Waals surface area contributed by atoms with E-state index in [2.05, 4.69) is 154 Å². The molecule has 3 heteroatoms. The average Bonchev–Trinajstić information content (AvgIpc) is 3.24. The van der Waals surface area contributed by atoms with Crippen LogP contribution in [-0.4, -0.2) is 16.2 Å². The Morgan fingerprint density at radius 3 is 2.02 bits per heavy atom. The molecule has 262 valence electrons. The van der Waals surface area contributed by atoms with Crippen molar-refractivity contribution in [2.24, 2.45) is 0 Å². The summed E-state index contributed by atoms with van der Waals surface area (Å²) in [5.74, 6) is 0.600. The van der Waals surface area contributed by atoms with Crippen molar-refractivity contribution in [3.05, 3.63) is 200 Å². The van der Waals surface area contributed by atoms with Crippen LogP contribution in [0.3, 0.4) is 0 Å². The third-order valence-corrected chi connectivity index (χ3v) is 10.1. The number of allylic oxidation sites excluding steroid dienone is 6. The largest absolute Gasteiger partial charge is 0.308 e. The highest BCUT2D eigenvalue weighted by Gasteiger charge is 2.16. The summed E-state index contributed by atoms with van der Waals surface area (Å²) in [5, 5.41) is 12.7.